The number of hydrogen-bond donors (Lipinski definition) is 4. The Kier molecular flexibility index (Phi) is 7.64. The highest BCUT2D eigenvalue weighted by Crippen LogP contribution is 2.25. The van der Waals surface area contributed by atoms with Crippen LogP contribution in [0.15, 0.2) is 0 Å². The van der Waals surface area contributed by atoms with Crippen LogP contribution in [0.2, 0.25) is 0 Å². The molecule has 0 aliphatic carbocycles. The SMILES string of the molecule is CCNC(=O)C(C)NC(=O)NCC(CC)(CC)C(=O)O. The fourth-order valence-corrected chi connectivity index (χ4v) is 1.77. The van der Waals surface area contributed by atoms with Gasteiger partial charge in [0.1, 0.15) is 6.04 Å². The van der Waals surface area contributed by atoms with Crippen LogP contribution in [-0.4, -0.2) is 42.1 Å². The van der Waals surface area contributed by atoms with Gasteiger partial charge >= 0.3 is 12.0 Å². The van der Waals surface area contributed by atoms with Crippen LogP contribution in [-0.2, 0) is 9.59 Å². The molecule has 0 aromatic carbocycles. The van der Waals surface area contributed by atoms with Crippen molar-refractivity contribution in [2.24, 2.45) is 5.41 Å². The third kappa shape index (κ3) is 5.07. The van der Waals surface area contributed by atoms with Gasteiger partial charge < -0.3 is 21.1 Å². The molecule has 0 aliphatic heterocycles. The van der Waals surface area contributed by atoms with Crippen molar-refractivity contribution in [3.63, 3.8) is 0 Å². The predicted molar refractivity (Wildman–Crippen MR) is 75.3 cm³/mol. The number of carbonyl (C=O) groups excluding carboxylic acids is 2. The highest BCUT2D eigenvalue weighted by molar-refractivity contribution is 5.86. The van der Waals surface area contributed by atoms with Crippen molar-refractivity contribution in [3.05, 3.63) is 0 Å². The number of nitrogens with one attached hydrogen (secondary N) is 3. The van der Waals surface area contributed by atoms with Gasteiger partial charge in [-0.1, -0.05) is 13.8 Å². The van der Waals surface area contributed by atoms with Crippen molar-refractivity contribution < 1.29 is 19.5 Å². The Balaban J connectivity index is 4.41. The zero-order valence-corrected chi connectivity index (χ0v) is 12.6. The van der Waals surface area contributed by atoms with E-state index in [1.54, 1.807) is 27.7 Å². The van der Waals surface area contributed by atoms with Crippen molar-refractivity contribution in [2.45, 2.75) is 46.6 Å². The largest absolute Gasteiger partial charge is 0.481 e. The van der Waals surface area contributed by atoms with E-state index in [9.17, 15) is 19.5 Å². The first-order valence-electron chi connectivity index (χ1n) is 6.88. The quantitative estimate of drug-likeness (QED) is 0.527. The molecular formula is C13H25N3O4. The molecular weight excluding hydrogens is 262 g/mol. The van der Waals surface area contributed by atoms with Crippen molar-refractivity contribution in [1.82, 2.24) is 16.0 Å². The average molecular weight is 287 g/mol. The number of amides is 3. The third-order valence-electron chi connectivity index (χ3n) is 3.49. The number of hydrogen-bond acceptors (Lipinski definition) is 3. The van der Waals surface area contributed by atoms with Gasteiger partial charge in [0.2, 0.25) is 5.91 Å². The van der Waals surface area contributed by atoms with Crippen molar-refractivity contribution in [2.75, 3.05) is 13.1 Å². The molecule has 0 radical (unpaired) electrons. The van der Waals surface area contributed by atoms with Gasteiger partial charge in [-0.25, -0.2) is 4.79 Å². The van der Waals surface area contributed by atoms with Crippen molar-refractivity contribution in [3.8, 4) is 0 Å². The number of aliphatic carboxylic acids is 1. The van der Waals surface area contributed by atoms with Gasteiger partial charge in [0.25, 0.3) is 0 Å². The molecule has 1 unspecified atom stereocenters. The monoisotopic (exact) mass is 287 g/mol. The van der Waals surface area contributed by atoms with E-state index in [1.165, 1.54) is 0 Å². The van der Waals surface area contributed by atoms with Gasteiger partial charge in [0.05, 0.1) is 5.41 Å². The lowest BCUT2D eigenvalue weighted by Gasteiger charge is -2.27. The summed E-state index contributed by atoms with van der Waals surface area (Å²) >= 11 is 0. The first kappa shape index (κ1) is 18.2. The molecule has 7 heteroatoms. The highest BCUT2D eigenvalue weighted by atomic mass is 16.4. The van der Waals surface area contributed by atoms with E-state index in [0.29, 0.717) is 19.4 Å². The summed E-state index contributed by atoms with van der Waals surface area (Å²) in [5.41, 5.74) is -0.966. The maximum Gasteiger partial charge on any atom is 0.315 e. The summed E-state index contributed by atoms with van der Waals surface area (Å²) in [6, 6.07) is -1.21. The fraction of sp³-hybridized carbons (Fsp3) is 0.769. The minimum atomic E-state index is -0.966. The van der Waals surface area contributed by atoms with Crippen LogP contribution in [0.1, 0.15) is 40.5 Å². The first-order valence-corrected chi connectivity index (χ1v) is 6.88. The van der Waals surface area contributed by atoms with Crippen LogP contribution in [0.4, 0.5) is 4.79 Å². The molecule has 116 valence electrons. The van der Waals surface area contributed by atoms with Crippen LogP contribution in [0.25, 0.3) is 0 Å². The summed E-state index contributed by atoms with van der Waals surface area (Å²) in [6.07, 6.45) is 0.843. The molecule has 0 aliphatic rings. The Morgan fingerprint density at radius 2 is 1.65 bits per heavy atom. The van der Waals surface area contributed by atoms with E-state index >= 15 is 0 Å². The smallest absolute Gasteiger partial charge is 0.315 e. The van der Waals surface area contributed by atoms with Gasteiger partial charge in [-0.05, 0) is 26.7 Å². The second kappa shape index (κ2) is 8.39. The third-order valence-corrected chi connectivity index (χ3v) is 3.49. The summed E-state index contributed by atoms with van der Waals surface area (Å²) in [5.74, 6) is -1.21. The molecule has 0 spiro atoms. The van der Waals surface area contributed by atoms with E-state index < -0.39 is 23.5 Å². The van der Waals surface area contributed by atoms with E-state index in [1.807, 2.05) is 0 Å². The molecule has 20 heavy (non-hydrogen) atoms. The summed E-state index contributed by atoms with van der Waals surface area (Å²) in [7, 11) is 0. The molecule has 0 heterocycles. The van der Waals surface area contributed by atoms with Crippen molar-refractivity contribution >= 4 is 17.9 Å². The maximum atomic E-state index is 11.7. The molecule has 7 nitrogen and oxygen atoms in total. The number of carboxylic acid groups (broad SMARTS) is 1. The second-order valence-corrected chi connectivity index (χ2v) is 4.74. The minimum Gasteiger partial charge on any atom is -0.481 e. The van der Waals surface area contributed by atoms with Gasteiger partial charge in [-0.3, -0.25) is 9.59 Å². The zero-order valence-electron chi connectivity index (χ0n) is 12.6. The van der Waals surface area contributed by atoms with Gasteiger partial charge in [-0.15, -0.1) is 0 Å². The number of carboxylic acids is 1. The summed E-state index contributed by atoms with van der Waals surface area (Å²) in [6.45, 7) is 7.41. The van der Waals surface area contributed by atoms with E-state index in [0.717, 1.165) is 0 Å². The maximum absolute atomic E-state index is 11.7. The van der Waals surface area contributed by atoms with Crippen LogP contribution >= 0.6 is 0 Å². The lowest BCUT2D eigenvalue weighted by atomic mass is 9.82. The van der Waals surface area contributed by atoms with E-state index in [4.69, 9.17) is 0 Å². The van der Waals surface area contributed by atoms with Crippen LogP contribution < -0.4 is 16.0 Å². The zero-order chi connectivity index (χ0) is 15.8. The molecule has 0 bridgehead atoms. The lowest BCUT2D eigenvalue weighted by molar-refractivity contribution is -0.149. The number of rotatable bonds is 8. The Morgan fingerprint density at radius 1 is 1.10 bits per heavy atom. The Hall–Kier alpha value is -1.79. The van der Waals surface area contributed by atoms with E-state index in [2.05, 4.69) is 16.0 Å². The average Bonchev–Trinajstić information content (AvgIpc) is 2.40. The van der Waals surface area contributed by atoms with Crippen LogP contribution in [0, 0.1) is 5.41 Å². The minimum absolute atomic E-state index is 0.0310. The van der Waals surface area contributed by atoms with E-state index in [-0.39, 0.29) is 12.5 Å². The summed E-state index contributed by atoms with van der Waals surface area (Å²) in [5, 5.41) is 16.8. The highest BCUT2D eigenvalue weighted by Gasteiger charge is 2.35. The standard InChI is InChI=1S/C13H25N3O4/c1-5-13(6-2,11(18)19)8-15-12(20)16-9(4)10(17)14-7-3/h9H,5-8H2,1-4H3,(H,14,17)(H,18,19)(H2,15,16,20). The number of likely N-dealkylation sites (N-methyl/N-ethyl adjacent to an activating group) is 1. The number of carbonyl (C=O) groups is 3. The molecule has 0 saturated carbocycles. The van der Waals surface area contributed by atoms with Gasteiger partial charge in [0, 0.05) is 13.1 Å². The molecule has 0 saturated heterocycles. The van der Waals surface area contributed by atoms with Crippen molar-refractivity contribution in [1.29, 1.82) is 0 Å². The summed E-state index contributed by atoms with van der Waals surface area (Å²) < 4.78 is 0. The Labute approximate surface area is 119 Å². The lowest BCUT2D eigenvalue weighted by Crippen LogP contribution is -2.51. The molecule has 0 rings (SSSR count). The molecule has 3 amide bonds. The molecule has 0 aromatic rings. The Bertz CT molecular complexity index is 354. The molecule has 4 N–H and O–H groups in total. The summed E-state index contributed by atoms with van der Waals surface area (Å²) in [4.78, 5) is 34.4. The molecule has 0 fully saturated rings. The first-order chi connectivity index (χ1) is 9.32. The van der Waals surface area contributed by atoms with Gasteiger partial charge in [-0.2, -0.15) is 0 Å². The van der Waals surface area contributed by atoms with Crippen LogP contribution in [0.5, 0.6) is 0 Å². The number of urea groups is 1. The van der Waals surface area contributed by atoms with Crippen LogP contribution in [0.3, 0.4) is 0 Å². The normalized spacial score (nSPS) is 12.4. The second-order valence-electron chi connectivity index (χ2n) is 4.74. The fourth-order valence-electron chi connectivity index (χ4n) is 1.77. The predicted octanol–water partition coefficient (Wildman–Crippen LogP) is 0.701. The van der Waals surface area contributed by atoms with Gasteiger partial charge in [0.15, 0.2) is 0 Å². The Morgan fingerprint density at radius 3 is 2.05 bits per heavy atom. The topological polar surface area (TPSA) is 108 Å². The molecule has 1 atom stereocenters. The molecule has 0 aromatic heterocycles.